The van der Waals surface area contributed by atoms with Crippen molar-refractivity contribution in [1.82, 2.24) is 9.97 Å². The molecule has 0 fully saturated rings. The summed E-state index contributed by atoms with van der Waals surface area (Å²) in [4.78, 5) is 20.8. The summed E-state index contributed by atoms with van der Waals surface area (Å²) in [6.07, 6.45) is -0.139. The minimum atomic E-state index is -0.952. The maximum atomic E-state index is 10.6. The summed E-state index contributed by atoms with van der Waals surface area (Å²) in [5.74, 6) is -0.405. The Morgan fingerprint density at radius 2 is 1.81 bits per heavy atom. The lowest BCUT2D eigenvalue weighted by Gasteiger charge is -2.20. The molecule has 7 heteroatoms. The van der Waals surface area contributed by atoms with Crippen LogP contribution in [-0.2, 0) is 4.79 Å². The minimum Gasteiger partial charge on any atom is -0.481 e. The first-order valence-electron chi connectivity index (χ1n) is 8.31. The van der Waals surface area contributed by atoms with Gasteiger partial charge in [-0.3, -0.25) is 4.79 Å². The molecule has 1 aromatic heterocycles. The van der Waals surface area contributed by atoms with Gasteiger partial charge in [0.1, 0.15) is 17.6 Å². The van der Waals surface area contributed by atoms with Crippen molar-refractivity contribution in [3.8, 4) is 17.1 Å². The van der Waals surface area contributed by atoms with Gasteiger partial charge in [0.15, 0.2) is 0 Å². The summed E-state index contributed by atoms with van der Waals surface area (Å²) in [5, 5.41) is 8.92. The highest BCUT2D eigenvalue weighted by Crippen LogP contribution is 2.29. The largest absolute Gasteiger partial charge is 0.481 e. The van der Waals surface area contributed by atoms with Gasteiger partial charge in [0, 0.05) is 18.8 Å². The number of carboxylic acid groups (broad SMARTS) is 1. The summed E-state index contributed by atoms with van der Waals surface area (Å²) in [7, 11) is 1.86. The van der Waals surface area contributed by atoms with Crippen LogP contribution in [0.1, 0.15) is 6.42 Å². The Balaban J connectivity index is 1.84. The highest BCUT2D eigenvalue weighted by molar-refractivity contribution is 6.29. The number of hydrogen-bond acceptors (Lipinski definition) is 5. The molecule has 0 unspecified atom stereocenters. The monoisotopic (exact) mass is 383 g/mol. The number of hydrogen-bond donors (Lipinski definition) is 1. The number of carbonyl (C=O) groups is 1. The van der Waals surface area contributed by atoms with E-state index in [0.29, 0.717) is 5.82 Å². The maximum absolute atomic E-state index is 10.6. The van der Waals surface area contributed by atoms with Crippen LogP contribution in [0.25, 0.3) is 11.1 Å². The average Bonchev–Trinajstić information content (AvgIpc) is 2.67. The predicted octanol–water partition coefficient (Wildman–Crippen LogP) is 4.42. The highest BCUT2D eigenvalue weighted by atomic mass is 35.5. The lowest BCUT2D eigenvalue weighted by molar-refractivity contribution is -0.137. The van der Waals surface area contributed by atoms with Crippen molar-refractivity contribution in [2.75, 3.05) is 18.6 Å². The van der Waals surface area contributed by atoms with Crippen LogP contribution in [0.15, 0.2) is 60.7 Å². The van der Waals surface area contributed by atoms with Crippen molar-refractivity contribution in [3.05, 3.63) is 65.8 Å². The molecular weight excluding hydrogens is 366 g/mol. The average molecular weight is 384 g/mol. The van der Waals surface area contributed by atoms with E-state index in [0.717, 1.165) is 16.8 Å². The van der Waals surface area contributed by atoms with Gasteiger partial charge in [-0.25, -0.2) is 0 Å². The van der Waals surface area contributed by atoms with Crippen LogP contribution in [0, 0.1) is 0 Å². The molecular formula is C20H18ClN3O3. The third kappa shape index (κ3) is 4.95. The third-order valence-electron chi connectivity index (χ3n) is 3.89. The van der Waals surface area contributed by atoms with E-state index in [2.05, 4.69) is 28.2 Å². The van der Waals surface area contributed by atoms with Crippen LogP contribution < -0.4 is 9.64 Å². The van der Waals surface area contributed by atoms with Gasteiger partial charge in [-0.1, -0.05) is 54.1 Å². The van der Waals surface area contributed by atoms with Gasteiger partial charge < -0.3 is 14.7 Å². The van der Waals surface area contributed by atoms with Gasteiger partial charge in [-0.05, 0) is 23.3 Å². The molecule has 0 aliphatic carbocycles. The van der Waals surface area contributed by atoms with E-state index < -0.39 is 5.97 Å². The van der Waals surface area contributed by atoms with Gasteiger partial charge in [0.2, 0.25) is 0 Å². The summed E-state index contributed by atoms with van der Waals surface area (Å²) in [5.41, 5.74) is 3.12. The number of halogens is 1. The van der Waals surface area contributed by atoms with Gasteiger partial charge in [0.05, 0.1) is 6.42 Å². The van der Waals surface area contributed by atoms with Crippen molar-refractivity contribution >= 4 is 29.1 Å². The van der Waals surface area contributed by atoms with Gasteiger partial charge in [-0.2, -0.15) is 9.97 Å². The van der Waals surface area contributed by atoms with E-state index in [-0.39, 0.29) is 24.2 Å². The molecule has 0 atom stereocenters. The standard InChI is InChI=1S/C20H18ClN3O3/c1-24(16-9-5-8-15(12-16)14-6-3-2-4-7-14)18-13-17(21)22-20(23-18)27-11-10-19(25)26/h2-9,12-13H,10-11H2,1H3,(H,25,26). The second kappa shape index (κ2) is 8.51. The molecule has 3 rings (SSSR count). The zero-order valence-corrected chi connectivity index (χ0v) is 15.4. The minimum absolute atomic E-state index is 0.0255. The second-order valence-electron chi connectivity index (χ2n) is 5.80. The number of benzene rings is 2. The van der Waals surface area contributed by atoms with Gasteiger partial charge in [0.25, 0.3) is 0 Å². The molecule has 0 spiro atoms. The van der Waals surface area contributed by atoms with E-state index in [9.17, 15) is 4.79 Å². The number of nitrogens with zero attached hydrogens (tertiary/aromatic N) is 3. The number of carboxylic acids is 1. The fraction of sp³-hybridized carbons (Fsp3) is 0.150. The molecule has 0 aliphatic heterocycles. The third-order valence-corrected chi connectivity index (χ3v) is 4.09. The zero-order chi connectivity index (χ0) is 19.2. The molecule has 27 heavy (non-hydrogen) atoms. The predicted molar refractivity (Wildman–Crippen MR) is 105 cm³/mol. The second-order valence-corrected chi connectivity index (χ2v) is 6.19. The van der Waals surface area contributed by atoms with Crippen molar-refractivity contribution in [2.24, 2.45) is 0 Å². The Kier molecular flexibility index (Phi) is 5.88. The molecule has 1 N–H and O–H groups in total. The van der Waals surface area contributed by atoms with Crippen molar-refractivity contribution < 1.29 is 14.6 Å². The van der Waals surface area contributed by atoms with E-state index in [1.165, 1.54) is 0 Å². The lowest BCUT2D eigenvalue weighted by atomic mass is 10.1. The molecule has 138 valence electrons. The molecule has 0 radical (unpaired) electrons. The fourth-order valence-electron chi connectivity index (χ4n) is 2.51. The number of rotatable bonds is 7. The Morgan fingerprint density at radius 3 is 2.56 bits per heavy atom. The van der Waals surface area contributed by atoms with Crippen LogP contribution in [0.2, 0.25) is 5.15 Å². The van der Waals surface area contributed by atoms with Crippen molar-refractivity contribution in [2.45, 2.75) is 6.42 Å². The molecule has 3 aromatic rings. The number of ether oxygens (including phenoxy) is 1. The zero-order valence-electron chi connectivity index (χ0n) is 14.7. The van der Waals surface area contributed by atoms with E-state index in [4.69, 9.17) is 21.4 Å². The molecule has 2 aromatic carbocycles. The first kappa shape index (κ1) is 18.7. The summed E-state index contributed by atoms with van der Waals surface area (Å²) in [6, 6.07) is 19.8. The first-order valence-corrected chi connectivity index (χ1v) is 8.69. The van der Waals surface area contributed by atoms with Crippen LogP contribution in [0.3, 0.4) is 0 Å². The molecule has 0 bridgehead atoms. The maximum Gasteiger partial charge on any atom is 0.319 e. The Morgan fingerprint density at radius 1 is 1.07 bits per heavy atom. The topological polar surface area (TPSA) is 75.6 Å². The first-order chi connectivity index (χ1) is 13.0. The number of aliphatic carboxylic acids is 1. The van der Waals surface area contributed by atoms with Crippen molar-refractivity contribution in [1.29, 1.82) is 0 Å². The Bertz CT molecular complexity index is 935. The van der Waals surface area contributed by atoms with E-state index in [1.807, 2.05) is 48.3 Å². The molecule has 0 saturated heterocycles. The molecule has 1 heterocycles. The van der Waals surface area contributed by atoms with Crippen molar-refractivity contribution in [3.63, 3.8) is 0 Å². The fourth-order valence-corrected chi connectivity index (χ4v) is 2.68. The van der Waals surface area contributed by atoms with Crippen LogP contribution in [0.4, 0.5) is 11.5 Å². The Hall–Kier alpha value is -3.12. The van der Waals surface area contributed by atoms with Crippen LogP contribution >= 0.6 is 11.6 Å². The SMILES string of the molecule is CN(c1cccc(-c2ccccc2)c1)c1cc(Cl)nc(OCCC(=O)O)n1. The molecule has 0 saturated carbocycles. The molecule has 0 amide bonds. The van der Waals surface area contributed by atoms with Gasteiger partial charge >= 0.3 is 12.0 Å². The van der Waals surface area contributed by atoms with Crippen LogP contribution in [0.5, 0.6) is 6.01 Å². The molecule has 0 aliphatic rings. The summed E-state index contributed by atoms with van der Waals surface area (Å²) in [6.45, 7) is -0.0255. The quantitative estimate of drug-likeness (QED) is 0.609. The molecule has 6 nitrogen and oxygen atoms in total. The Labute approximate surface area is 162 Å². The number of anilines is 2. The van der Waals surface area contributed by atoms with E-state index >= 15 is 0 Å². The highest BCUT2D eigenvalue weighted by Gasteiger charge is 2.12. The summed E-state index contributed by atoms with van der Waals surface area (Å²) >= 11 is 6.08. The summed E-state index contributed by atoms with van der Waals surface area (Å²) < 4.78 is 5.30. The number of aromatic nitrogens is 2. The van der Waals surface area contributed by atoms with E-state index in [1.54, 1.807) is 6.07 Å². The van der Waals surface area contributed by atoms with Crippen LogP contribution in [-0.4, -0.2) is 34.7 Å². The lowest BCUT2D eigenvalue weighted by Crippen LogP contribution is -2.13. The normalized spacial score (nSPS) is 10.4. The smallest absolute Gasteiger partial charge is 0.319 e. The van der Waals surface area contributed by atoms with Gasteiger partial charge in [-0.15, -0.1) is 0 Å².